The van der Waals surface area contributed by atoms with Gasteiger partial charge in [0.05, 0.1) is 11.7 Å². The first kappa shape index (κ1) is 22.1. The molecule has 168 valence electrons. The molecule has 0 saturated heterocycles. The van der Waals surface area contributed by atoms with Gasteiger partial charge in [-0.05, 0) is 117 Å². The molecule has 0 unspecified atom stereocenters. The summed E-state index contributed by atoms with van der Waals surface area (Å²) in [4.78, 5) is 0. The van der Waals surface area contributed by atoms with Gasteiger partial charge in [-0.25, -0.2) is 0 Å². The van der Waals surface area contributed by atoms with Crippen molar-refractivity contribution >= 4 is 0 Å². The molecule has 2 N–H and O–H groups in total. The molecule has 0 amide bonds. The maximum Gasteiger partial charge on any atom is 0.0648 e. The second kappa shape index (κ2) is 7.80. The van der Waals surface area contributed by atoms with E-state index in [2.05, 4.69) is 34.6 Å². The van der Waals surface area contributed by atoms with Gasteiger partial charge in [0.25, 0.3) is 0 Å². The van der Waals surface area contributed by atoms with Crippen LogP contribution in [0.5, 0.6) is 0 Å². The van der Waals surface area contributed by atoms with E-state index >= 15 is 0 Å². The minimum absolute atomic E-state index is 0.114. The average molecular weight is 405 g/mol. The number of aliphatic hydroxyl groups excluding tert-OH is 1. The second-order valence-electron chi connectivity index (χ2n) is 12.4. The van der Waals surface area contributed by atoms with Gasteiger partial charge in [-0.15, -0.1) is 0 Å². The molecule has 4 rings (SSSR count). The van der Waals surface area contributed by atoms with Crippen molar-refractivity contribution in [1.82, 2.24) is 0 Å². The molecule has 0 spiro atoms. The summed E-state index contributed by atoms with van der Waals surface area (Å²) in [7, 11) is 0. The number of fused-ring (bicyclic) bond motifs is 5. The van der Waals surface area contributed by atoms with Crippen LogP contribution in [0.15, 0.2) is 0 Å². The number of hydrogen-bond acceptors (Lipinski definition) is 2. The van der Waals surface area contributed by atoms with Crippen molar-refractivity contribution in [3.05, 3.63) is 0 Å². The summed E-state index contributed by atoms with van der Waals surface area (Å²) in [6, 6.07) is 0. The van der Waals surface area contributed by atoms with E-state index in [0.717, 1.165) is 55.8 Å². The molecule has 0 aromatic heterocycles. The molecule has 2 heteroatoms. The lowest BCUT2D eigenvalue weighted by Gasteiger charge is -2.62. The maximum atomic E-state index is 11.0. The molecule has 0 aliphatic heterocycles. The highest BCUT2D eigenvalue weighted by molar-refractivity contribution is 5.11. The van der Waals surface area contributed by atoms with E-state index < -0.39 is 0 Å². The Morgan fingerprint density at radius 1 is 0.897 bits per heavy atom. The van der Waals surface area contributed by atoms with Crippen LogP contribution < -0.4 is 0 Å². The summed E-state index contributed by atoms with van der Waals surface area (Å²) in [5.74, 6) is 4.51. The van der Waals surface area contributed by atoms with Crippen LogP contribution in [0.2, 0.25) is 0 Å². The lowest BCUT2D eigenvalue weighted by Crippen LogP contribution is -2.56. The minimum atomic E-state index is -0.385. The summed E-state index contributed by atoms with van der Waals surface area (Å²) in [6.07, 6.45) is 14.4. The van der Waals surface area contributed by atoms with Crippen molar-refractivity contribution in [2.75, 3.05) is 0 Å². The summed E-state index contributed by atoms with van der Waals surface area (Å²) in [5, 5.41) is 21.7. The first-order chi connectivity index (χ1) is 13.7. The number of rotatable bonds is 5. The Kier molecular flexibility index (Phi) is 5.95. The van der Waals surface area contributed by atoms with E-state index in [1.54, 1.807) is 0 Å². The van der Waals surface area contributed by atoms with Crippen molar-refractivity contribution in [2.45, 2.75) is 123 Å². The Morgan fingerprint density at radius 3 is 2.31 bits per heavy atom. The van der Waals surface area contributed by atoms with Gasteiger partial charge >= 0.3 is 0 Å². The predicted molar refractivity (Wildman–Crippen MR) is 121 cm³/mol. The number of hydrogen-bond donors (Lipinski definition) is 2. The topological polar surface area (TPSA) is 40.5 Å². The molecule has 0 aromatic rings. The fourth-order valence-corrected chi connectivity index (χ4v) is 9.37. The highest BCUT2D eigenvalue weighted by atomic mass is 16.3. The zero-order valence-corrected chi connectivity index (χ0v) is 19.9. The van der Waals surface area contributed by atoms with Gasteiger partial charge in [0.15, 0.2) is 0 Å². The molecule has 0 bridgehead atoms. The van der Waals surface area contributed by atoms with Gasteiger partial charge < -0.3 is 10.2 Å². The molecule has 4 saturated carbocycles. The summed E-state index contributed by atoms with van der Waals surface area (Å²) >= 11 is 0. The zero-order valence-electron chi connectivity index (χ0n) is 19.9. The highest BCUT2D eigenvalue weighted by Crippen LogP contribution is 2.69. The maximum absolute atomic E-state index is 11.0. The van der Waals surface area contributed by atoms with Crippen LogP contribution in [0, 0.1) is 46.3 Å². The van der Waals surface area contributed by atoms with Crippen LogP contribution in [0.25, 0.3) is 0 Å². The minimum Gasteiger partial charge on any atom is -0.393 e. The van der Waals surface area contributed by atoms with Crippen molar-refractivity contribution in [1.29, 1.82) is 0 Å². The van der Waals surface area contributed by atoms with Gasteiger partial charge in [0.2, 0.25) is 0 Å². The van der Waals surface area contributed by atoms with Crippen molar-refractivity contribution < 1.29 is 10.2 Å². The van der Waals surface area contributed by atoms with Crippen LogP contribution in [0.3, 0.4) is 0 Å². The zero-order chi connectivity index (χ0) is 21.0. The molecule has 10 atom stereocenters. The van der Waals surface area contributed by atoms with E-state index in [1.165, 1.54) is 44.9 Å². The Hall–Kier alpha value is -0.0800. The van der Waals surface area contributed by atoms with Gasteiger partial charge in [-0.1, -0.05) is 41.0 Å². The van der Waals surface area contributed by atoms with Gasteiger partial charge in [-0.3, -0.25) is 0 Å². The van der Waals surface area contributed by atoms with E-state index in [4.69, 9.17) is 0 Å². The Morgan fingerprint density at radius 2 is 1.62 bits per heavy atom. The smallest absolute Gasteiger partial charge is 0.0648 e. The summed E-state index contributed by atoms with van der Waals surface area (Å²) in [6.45, 7) is 11.9. The predicted octanol–water partition coefficient (Wildman–Crippen LogP) is 6.58. The molecule has 29 heavy (non-hydrogen) atoms. The van der Waals surface area contributed by atoms with Crippen molar-refractivity contribution in [2.24, 2.45) is 46.3 Å². The third kappa shape index (κ3) is 3.43. The molecule has 2 nitrogen and oxygen atoms in total. The standard InChI is InChI=1S/C27H48O2/c1-6-8-24(28)18(3)21-11-12-22-20-10-9-19-17-27(29,7-2)16-15-25(19,4)23(20)13-14-26(21,22)5/h18-24,28-29H,6-17H2,1-5H3/t18-,19+,20-,21+,22-,23-,24-,25-,26+,27-/m0/s1. The van der Waals surface area contributed by atoms with Crippen LogP contribution in [0.1, 0.15) is 112 Å². The monoisotopic (exact) mass is 404 g/mol. The van der Waals surface area contributed by atoms with Crippen LogP contribution in [0.4, 0.5) is 0 Å². The second-order valence-corrected chi connectivity index (χ2v) is 12.4. The molecule has 4 fully saturated rings. The lowest BCUT2D eigenvalue weighted by molar-refractivity contribution is -0.154. The first-order valence-electron chi connectivity index (χ1n) is 13.1. The quantitative estimate of drug-likeness (QED) is 0.543. The molecular weight excluding hydrogens is 356 g/mol. The van der Waals surface area contributed by atoms with Crippen LogP contribution in [-0.2, 0) is 0 Å². The fraction of sp³-hybridized carbons (Fsp3) is 1.00. The number of aliphatic hydroxyl groups is 2. The molecule has 4 aliphatic carbocycles. The summed E-state index contributed by atoms with van der Waals surface area (Å²) in [5.41, 5.74) is 0.512. The van der Waals surface area contributed by atoms with E-state index in [-0.39, 0.29) is 11.7 Å². The first-order valence-corrected chi connectivity index (χ1v) is 13.1. The highest BCUT2D eigenvalue weighted by Gasteiger charge is 2.61. The van der Waals surface area contributed by atoms with Crippen molar-refractivity contribution in [3.8, 4) is 0 Å². The molecule has 0 heterocycles. The third-order valence-electron chi connectivity index (χ3n) is 11.4. The Labute approximate surface area is 180 Å². The fourth-order valence-electron chi connectivity index (χ4n) is 9.37. The van der Waals surface area contributed by atoms with E-state index in [9.17, 15) is 10.2 Å². The molecular formula is C27H48O2. The van der Waals surface area contributed by atoms with Crippen LogP contribution >= 0.6 is 0 Å². The largest absolute Gasteiger partial charge is 0.393 e. The van der Waals surface area contributed by atoms with Gasteiger partial charge in [0.1, 0.15) is 0 Å². The molecule has 0 radical (unpaired) electrons. The average Bonchev–Trinajstić information content (AvgIpc) is 3.05. The van der Waals surface area contributed by atoms with Crippen LogP contribution in [-0.4, -0.2) is 21.9 Å². The summed E-state index contributed by atoms with van der Waals surface area (Å²) < 4.78 is 0. The normalized spacial score (nSPS) is 51.6. The van der Waals surface area contributed by atoms with Gasteiger partial charge in [0, 0.05) is 0 Å². The Balaban J connectivity index is 1.53. The SMILES string of the molecule is CCC[C@H](O)[C@@H](C)[C@H]1CC[C@H]2[C@@H]3CC[C@@H]4C[C@](O)(CC)CC[C@]4(C)[C@H]3CC[C@]12C. The van der Waals surface area contributed by atoms with Gasteiger partial charge in [-0.2, -0.15) is 0 Å². The van der Waals surface area contributed by atoms with E-state index in [1.807, 2.05) is 0 Å². The lowest BCUT2D eigenvalue weighted by atomic mass is 9.43. The van der Waals surface area contributed by atoms with E-state index in [0.29, 0.717) is 22.7 Å². The molecule has 0 aromatic carbocycles. The van der Waals surface area contributed by atoms with Crippen molar-refractivity contribution in [3.63, 3.8) is 0 Å². The Bertz CT molecular complexity index is 589. The molecule has 4 aliphatic rings. The third-order valence-corrected chi connectivity index (χ3v) is 11.4.